The van der Waals surface area contributed by atoms with Crippen LogP contribution < -0.4 is 4.74 Å². The van der Waals surface area contributed by atoms with E-state index in [1.807, 2.05) is 25.1 Å². The van der Waals surface area contributed by atoms with Crippen LogP contribution in [0.3, 0.4) is 0 Å². The lowest BCUT2D eigenvalue weighted by molar-refractivity contribution is -0.274. The Hall–Kier alpha value is -2.53. The molecule has 126 valence electrons. The van der Waals surface area contributed by atoms with Crippen LogP contribution in [0, 0.1) is 6.92 Å². The van der Waals surface area contributed by atoms with Gasteiger partial charge in [-0.2, -0.15) is 0 Å². The van der Waals surface area contributed by atoms with Crippen LogP contribution in [0.15, 0.2) is 55.1 Å². The van der Waals surface area contributed by atoms with Crippen LogP contribution in [0.2, 0.25) is 0 Å². The van der Waals surface area contributed by atoms with Crippen molar-refractivity contribution in [3.63, 3.8) is 0 Å². The third kappa shape index (κ3) is 4.49. The predicted octanol–water partition coefficient (Wildman–Crippen LogP) is 5.25. The van der Waals surface area contributed by atoms with E-state index in [0.717, 1.165) is 27.8 Å². The van der Waals surface area contributed by atoms with E-state index in [1.54, 1.807) is 24.3 Å². The smallest absolute Gasteiger partial charge is 0.406 e. The Labute approximate surface area is 138 Å². The summed E-state index contributed by atoms with van der Waals surface area (Å²) in [4.78, 5) is 0. The van der Waals surface area contributed by atoms with Crippen molar-refractivity contribution in [2.75, 3.05) is 0 Å². The van der Waals surface area contributed by atoms with Crippen molar-refractivity contribution in [1.29, 1.82) is 0 Å². The maximum absolute atomic E-state index is 12.2. The highest BCUT2D eigenvalue weighted by molar-refractivity contribution is 5.71. The van der Waals surface area contributed by atoms with Crippen molar-refractivity contribution < 1.29 is 23.0 Å². The molecule has 2 nitrogen and oxygen atoms in total. The molecular formula is C19H17F3O2. The van der Waals surface area contributed by atoms with E-state index in [1.165, 1.54) is 12.1 Å². The molecule has 0 fully saturated rings. The molecule has 2 rings (SSSR count). The molecule has 0 aliphatic heterocycles. The number of ether oxygens (including phenoxy) is 1. The number of aliphatic hydroxyl groups is 1. The van der Waals surface area contributed by atoms with Crippen LogP contribution in [-0.2, 0) is 6.61 Å². The number of aliphatic hydroxyl groups excluding tert-OH is 1. The molecule has 1 N–H and O–H groups in total. The highest BCUT2D eigenvalue weighted by Gasteiger charge is 2.30. The first kappa shape index (κ1) is 17.8. The Kier molecular flexibility index (Phi) is 5.46. The first-order valence-electron chi connectivity index (χ1n) is 7.23. The summed E-state index contributed by atoms with van der Waals surface area (Å²) in [5.74, 6) is -0.262. The number of allylic oxidation sites excluding steroid dienone is 2. The van der Waals surface area contributed by atoms with Crippen LogP contribution in [-0.4, -0.2) is 11.5 Å². The molecule has 0 heterocycles. The first-order chi connectivity index (χ1) is 11.3. The summed E-state index contributed by atoms with van der Waals surface area (Å²) < 4.78 is 40.5. The van der Waals surface area contributed by atoms with Crippen LogP contribution in [0.5, 0.6) is 5.75 Å². The number of halogens is 3. The Morgan fingerprint density at radius 1 is 1.12 bits per heavy atom. The molecule has 24 heavy (non-hydrogen) atoms. The summed E-state index contributed by atoms with van der Waals surface area (Å²) in [6, 6.07) is 9.44. The third-order valence-electron chi connectivity index (χ3n) is 3.50. The number of aryl methyl sites for hydroxylation is 1. The molecule has 5 heteroatoms. The van der Waals surface area contributed by atoms with Gasteiger partial charge in [0.1, 0.15) is 5.75 Å². The minimum absolute atomic E-state index is 0.0959. The van der Waals surface area contributed by atoms with Crippen molar-refractivity contribution in [3.05, 3.63) is 71.8 Å². The monoisotopic (exact) mass is 334 g/mol. The molecule has 0 spiro atoms. The Morgan fingerprint density at radius 2 is 1.79 bits per heavy atom. The normalized spacial score (nSPS) is 11.7. The molecule has 0 amide bonds. The maximum Gasteiger partial charge on any atom is 0.573 e. The van der Waals surface area contributed by atoms with Crippen LogP contribution >= 0.6 is 0 Å². The highest BCUT2D eigenvalue weighted by atomic mass is 19.4. The zero-order valence-corrected chi connectivity index (χ0v) is 13.1. The third-order valence-corrected chi connectivity index (χ3v) is 3.50. The van der Waals surface area contributed by atoms with Gasteiger partial charge in [0.05, 0.1) is 6.61 Å². The van der Waals surface area contributed by atoms with E-state index in [0.29, 0.717) is 0 Å². The van der Waals surface area contributed by atoms with Gasteiger partial charge in [-0.25, -0.2) is 0 Å². The van der Waals surface area contributed by atoms with Crippen molar-refractivity contribution in [2.45, 2.75) is 19.9 Å². The minimum Gasteiger partial charge on any atom is -0.406 e. The average molecular weight is 334 g/mol. The van der Waals surface area contributed by atoms with E-state index in [9.17, 15) is 18.3 Å². The number of rotatable bonds is 5. The van der Waals surface area contributed by atoms with Gasteiger partial charge < -0.3 is 9.84 Å². The lowest BCUT2D eigenvalue weighted by atomic mass is 9.95. The van der Waals surface area contributed by atoms with Gasteiger partial charge >= 0.3 is 6.36 Å². The van der Waals surface area contributed by atoms with Crippen LogP contribution in [0.4, 0.5) is 13.2 Å². The number of benzene rings is 2. The summed E-state index contributed by atoms with van der Waals surface area (Å²) in [7, 11) is 0. The van der Waals surface area contributed by atoms with Crippen molar-refractivity contribution >= 4 is 6.08 Å². The van der Waals surface area contributed by atoms with Gasteiger partial charge in [-0.15, -0.1) is 13.2 Å². The van der Waals surface area contributed by atoms with Crippen molar-refractivity contribution in [2.24, 2.45) is 0 Å². The molecule has 0 saturated carbocycles. The van der Waals surface area contributed by atoms with Gasteiger partial charge in [-0.3, -0.25) is 0 Å². The minimum atomic E-state index is -4.70. The maximum atomic E-state index is 12.2. The zero-order valence-electron chi connectivity index (χ0n) is 13.1. The summed E-state index contributed by atoms with van der Waals surface area (Å²) in [5.41, 5.74) is 4.13. The Bertz CT molecular complexity index is 744. The summed E-state index contributed by atoms with van der Waals surface area (Å²) in [5, 5.41) is 9.52. The summed E-state index contributed by atoms with van der Waals surface area (Å²) in [6.45, 7) is 5.40. The van der Waals surface area contributed by atoms with Gasteiger partial charge in [-0.1, -0.05) is 43.0 Å². The summed E-state index contributed by atoms with van der Waals surface area (Å²) in [6.07, 6.45) is 0.518. The standard InChI is InChI=1S/C19H17F3O2/c1-3-4-5-15-11-16(10-13(2)18(15)12-23)14-6-8-17(9-7-14)24-19(20,21)22/h3-11,23H,1,12H2,2H3/b5-4-. The first-order valence-corrected chi connectivity index (χ1v) is 7.23. The molecule has 0 aliphatic rings. The quantitative estimate of drug-likeness (QED) is 0.757. The zero-order chi connectivity index (χ0) is 17.7. The molecule has 0 radical (unpaired) electrons. The topological polar surface area (TPSA) is 29.5 Å². The van der Waals surface area contributed by atoms with Gasteiger partial charge in [0, 0.05) is 0 Å². The molecule has 0 bridgehead atoms. The highest BCUT2D eigenvalue weighted by Crippen LogP contribution is 2.29. The van der Waals surface area contributed by atoms with E-state index in [4.69, 9.17) is 0 Å². The molecular weight excluding hydrogens is 317 g/mol. The number of hydrogen-bond acceptors (Lipinski definition) is 2. The van der Waals surface area contributed by atoms with E-state index in [2.05, 4.69) is 11.3 Å². The van der Waals surface area contributed by atoms with Gasteiger partial charge in [0.2, 0.25) is 0 Å². The van der Waals surface area contributed by atoms with Gasteiger partial charge in [0.25, 0.3) is 0 Å². The Morgan fingerprint density at radius 3 is 2.33 bits per heavy atom. The fourth-order valence-corrected chi connectivity index (χ4v) is 2.40. The SMILES string of the molecule is C=C/C=C\c1cc(-c2ccc(OC(F)(F)F)cc2)cc(C)c1CO. The lowest BCUT2D eigenvalue weighted by Crippen LogP contribution is -2.16. The second-order valence-corrected chi connectivity index (χ2v) is 5.19. The van der Waals surface area contributed by atoms with Gasteiger partial charge in [0.15, 0.2) is 0 Å². The predicted molar refractivity (Wildman–Crippen MR) is 88.5 cm³/mol. The fourth-order valence-electron chi connectivity index (χ4n) is 2.40. The van der Waals surface area contributed by atoms with Gasteiger partial charge in [-0.05, 0) is 52.9 Å². The fraction of sp³-hybridized carbons (Fsp3) is 0.158. The molecule has 0 unspecified atom stereocenters. The molecule has 2 aromatic rings. The lowest BCUT2D eigenvalue weighted by Gasteiger charge is -2.13. The molecule has 0 atom stereocenters. The average Bonchev–Trinajstić information content (AvgIpc) is 2.51. The van der Waals surface area contributed by atoms with Crippen LogP contribution in [0.1, 0.15) is 16.7 Å². The largest absolute Gasteiger partial charge is 0.573 e. The van der Waals surface area contributed by atoms with E-state index in [-0.39, 0.29) is 12.4 Å². The second kappa shape index (κ2) is 7.36. The van der Waals surface area contributed by atoms with Crippen LogP contribution in [0.25, 0.3) is 17.2 Å². The van der Waals surface area contributed by atoms with E-state index < -0.39 is 6.36 Å². The molecule has 0 aromatic heterocycles. The molecule has 2 aromatic carbocycles. The Balaban J connectivity index is 2.39. The summed E-state index contributed by atoms with van der Waals surface area (Å²) >= 11 is 0. The van der Waals surface area contributed by atoms with E-state index >= 15 is 0 Å². The second-order valence-electron chi connectivity index (χ2n) is 5.19. The molecule has 0 aliphatic carbocycles. The number of hydrogen-bond donors (Lipinski definition) is 1. The van der Waals surface area contributed by atoms with Crippen molar-refractivity contribution in [1.82, 2.24) is 0 Å². The number of alkyl halides is 3. The van der Waals surface area contributed by atoms with Crippen molar-refractivity contribution in [3.8, 4) is 16.9 Å². The molecule has 0 saturated heterocycles.